The highest BCUT2D eigenvalue weighted by atomic mass is 35.5. The highest BCUT2D eigenvalue weighted by Gasteiger charge is 2.32. The lowest BCUT2D eigenvalue weighted by atomic mass is 9.96. The molecule has 1 N–H and O–H groups in total. The van der Waals surface area contributed by atoms with Crippen molar-refractivity contribution in [3.05, 3.63) is 208 Å². The molecular formula is C50H35Cl2F3N4O3. The molecule has 7 aromatic carbocycles. The van der Waals surface area contributed by atoms with Crippen LogP contribution in [0.2, 0.25) is 10.0 Å². The van der Waals surface area contributed by atoms with Gasteiger partial charge >= 0.3 is 6.36 Å². The molecule has 0 radical (unpaired) electrons. The van der Waals surface area contributed by atoms with Crippen molar-refractivity contribution in [2.75, 3.05) is 0 Å². The number of alkyl halides is 3. The summed E-state index contributed by atoms with van der Waals surface area (Å²) in [6.07, 6.45) is -3.58. The van der Waals surface area contributed by atoms with E-state index in [2.05, 4.69) is 37.3 Å². The molecule has 0 saturated heterocycles. The molecule has 9 rings (SSSR count). The Morgan fingerprint density at radius 2 is 1.02 bits per heavy atom. The van der Waals surface area contributed by atoms with Crippen molar-refractivity contribution in [3.8, 4) is 39.5 Å². The van der Waals surface area contributed by atoms with Crippen molar-refractivity contribution in [2.24, 2.45) is 0 Å². The lowest BCUT2D eigenvalue weighted by molar-refractivity contribution is -0.275. The Labute approximate surface area is 365 Å². The number of hydrogen-bond acceptors (Lipinski definition) is 7. The lowest BCUT2D eigenvalue weighted by Crippen LogP contribution is -2.18. The molecule has 308 valence electrons. The summed E-state index contributed by atoms with van der Waals surface area (Å²) in [4.78, 5) is 0. The minimum atomic E-state index is -4.79. The van der Waals surface area contributed by atoms with Gasteiger partial charge < -0.3 is 14.6 Å². The van der Waals surface area contributed by atoms with Gasteiger partial charge in [0.2, 0.25) is 0 Å². The average molecular weight is 868 g/mol. The first-order valence-electron chi connectivity index (χ1n) is 19.4. The summed E-state index contributed by atoms with van der Waals surface area (Å²) in [5, 5.41) is 30.4. The van der Waals surface area contributed by atoms with E-state index < -0.39 is 6.36 Å². The predicted molar refractivity (Wildman–Crippen MR) is 238 cm³/mol. The van der Waals surface area contributed by atoms with Crippen LogP contribution in [0.3, 0.4) is 0 Å². The Kier molecular flexibility index (Phi) is 12.6. The van der Waals surface area contributed by atoms with Gasteiger partial charge in [-0.05, 0) is 64.7 Å². The molecular weight excluding hydrogens is 832 g/mol. The fourth-order valence-corrected chi connectivity index (χ4v) is 7.58. The first-order valence-corrected chi connectivity index (χ1v) is 20.2. The number of rotatable bonds is 10. The molecule has 2 heterocycles. The number of phenolic OH excluding ortho intramolecular Hbond substituents is 1. The van der Waals surface area contributed by atoms with E-state index in [1.54, 1.807) is 30.3 Å². The maximum Gasteiger partial charge on any atom is 0.573 e. The van der Waals surface area contributed by atoms with Crippen molar-refractivity contribution in [1.29, 1.82) is 0 Å². The second-order valence-electron chi connectivity index (χ2n) is 14.2. The number of aromatic nitrogens is 4. The van der Waals surface area contributed by atoms with Crippen LogP contribution in [0.4, 0.5) is 13.2 Å². The average Bonchev–Trinajstić information content (AvgIpc) is 3.27. The molecule has 62 heavy (non-hydrogen) atoms. The fraction of sp³-hybridized carbons (Fsp3) is 0.0800. The molecule has 0 fully saturated rings. The Hall–Kier alpha value is -7.01. The van der Waals surface area contributed by atoms with E-state index in [0.29, 0.717) is 39.7 Å². The van der Waals surface area contributed by atoms with Crippen molar-refractivity contribution >= 4 is 45.0 Å². The summed E-state index contributed by atoms with van der Waals surface area (Å²) < 4.78 is 48.4. The third-order valence-corrected chi connectivity index (χ3v) is 10.5. The number of aromatic hydroxyl groups is 1. The van der Waals surface area contributed by atoms with Gasteiger partial charge in [-0.3, -0.25) is 0 Å². The minimum Gasteiger partial charge on any atom is -0.508 e. The SMILES string of the molecule is FC(F)(F)Oc1ccccc1COc1cccc(-c2c(Cc3ccccc3)nnc3c(Cl)cccc23)c1.Oc1cccc(-c2c(Cc3ccccc3)nnc3c(Cl)cccc23)c1. The van der Waals surface area contributed by atoms with Crippen LogP contribution in [-0.4, -0.2) is 31.9 Å². The Morgan fingerprint density at radius 3 is 1.56 bits per heavy atom. The van der Waals surface area contributed by atoms with Gasteiger partial charge in [-0.1, -0.05) is 151 Å². The van der Waals surface area contributed by atoms with E-state index in [9.17, 15) is 18.3 Å². The number of halogens is 5. The van der Waals surface area contributed by atoms with Crippen LogP contribution in [0.5, 0.6) is 17.2 Å². The van der Waals surface area contributed by atoms with Crippen LogP contribution >= 0.6 is 23.2 Å². The van der Waals surface area contributed by atoms with E-state index >= 15 is 0 Å². The second-order valence-corrected chi connectivity index (χ2v) is 15.0. The molecule has 0 unspecified atom stereocenters. The third-order valence-electron chi connectivity index (χ3n) is 9.91. The summed E-state index contributed by atoms with van der Waals surface area (Å²) in [7, 11) is 0. The van der Waals surface area contributed by atoms with Gasteiger partial charge in [-0.25, -0.2) is 0 Å². The Balaban J connectivity index is 0.000000184. The van der Waals surface area contributed by atoms with Gasteiger partial charge in [0.1, 0.15) is 34.9 Å². The maximum absolute atomic E-state index is 12.8. The molecule has 0 spiro atoms. The summed E-state index contributed by atoms with van der Waals surface area (Å²) in [6.45, 7) is -0.103. The van der Waals surface area contributed by atoms with Crippen molar-refractivity contribution in [3.63, 3.8) is 0 Å². The minimum absolute atomic E-state index is 0.103. The predicted octanol–water partition coefficient (Wildman–Crippen LogP) is 13.3. The van der Waals surface area contributed by atoms with Gasteiger partial charge in [0.25, 0.3) is 0 Å². The molecule has 0 aliphatic rings. The molecule has 0 aliphatic heterocycles. The van der Waals surface area contributed by atoms with Gasteiger partial charge in [0.05, 0.1) is 21.4 Å². The van der Waals surface area contributed by atoms with Gasteiger partial charge in [0, 0.05) is 40.3 Å². The first-order chi connectivity index (χ1) is 30.1. The van der Waals surface area contributed by atoms with Gasteiger partial charge in [-0.2, -0.15) is 10.2 Å². The molecule has 0 aliphatic carbocycles. The standard InChI is InChI=1S/C29H20ClF3N2O2.C21H15ClN2O/c30-24-14-7-13-23-27(25(34-35-28(23)24)16-19-8-2-1-3-9-19)20-11-6-12-22(17-20)36-18-21-10-4-5-15-26(21)37-29(31,32)33;22-18-11-5-10-17-20(15-8-4-9-16(25)13-15)19(23-24-21(17)18)12-14-6-2-1-3-7-14/h1-15,17H,16,18H2;1-11,13,25H,12H2. The molecule has 9 aromatic rings. The van der Waals surface area contributed by atoms with E-state index in [1.165, 1.54) is 18.2 Å². The molecule has 0 bridgehead atoms. The van der Waals surface area contributed by atoms with Crippen LogP contribution in [0.1, 0.15) is 28.1 Å². The Morgan fingerprint density at radius 1 is 0.516 bits per heavy atom. The zero-order chi connectivity index (χ0) is 43.1. The first kappa shape index (κ1) is 41.7. The second kappa shape index (κ2) is 18.7. The number of phenols is 1. The molecule has 7 nitrogen and oxygen atoms in total. The number of benzene rings is 7. The Bertz CT molecular complexity index is 2990. The zero-order valence-electron chi connectivity index (χ0n) is 32.7. The van der Waals surface area contributed by atoms with Crippen molar-refractivity contribution < 1.29 is 27.8 Å². The van der Waals surface area contributed by atoms with E-state index in [0.717, 1.165) is 55.5 Å². The van der Waals surface area contributed by atoms with E-state index in [-0.39, 0.29) is 23.7 Å². The molecule has 0 amide bonds. The zero-order valence-corrected chi connectivity index (χ0v) is 34.2. The smallest absolute Gasteiger partial charge is 0.508 e. The topological polar surface area (TPSA) is 90.2 Å². The van der Waals surface area contributed by atoms with Crippen LogP contribution in [-0.2, 0) is 19.4 Å². The maximum atomic E-state index is 12.8. The van der Waals surface area contributed by atoms with E-state index in [4.69, 9.17) is 27.9 Å². The third kappa shape index (κ3) is 9.95. The molecule has 0 saturated carbocycles. The quantitative estimate of drug-likeness (QED) is 0.146. The van der Waals surface area contributed by atoms with Crippen molar-refractivity contribution in [1.82, 2.24) is 20.4 Å². The van der Waals surface area contributed by atoms with Crippen LogP contribution in [0.15, 0.2) is 170 Å². The molecule has 12 heteroatoms. The largest absolute Gasteiger partial charge is 0.573 e. The lowest BCUT2D eigenvalue weighted by Gasteiger charge is -2.15. The normalized spacial score (nSPS) is 11.2. The number of para-hydroxylation sites is 1. The fourth-order valence-electron chi connectivity index (χ4n) is 7.15. The summed E-state index contributed by atoms with van der Waals surface area (Å²) in [6, 6.07) is 51.8. The summed E-state index contributed by atoms with van der Waals surface area (Å²) in [5.41, 5.74) is 8.91. The van der Waals surface area contributed by atoms with Gasteiger partial charge in [-0.15, -0.1) is 23.4 Å². The van der Waals surface area contributed by atoms with E-state index in [1.807, 2.05) is 109 Å². The number of fused-ring (bicyclic) bond motifs is 2. The van der Waals surface area contributed by atoms with Gasteiger partial charge in [0.15, 0.2) is 0 Å². The van der Waals surface area contributed by atoms with Crippen LogP contribution < -0.4 is 9.47 Å². The summed E-state index contributed by atoms with van der Waals surface area (Å²) in [5.74, 6) is 0.405. The number of hydrogen-bond donors (Lipinski definition) is 1. The van der Waals surface area contributed by atoms with Crippen LogP contribution in [0, 0.1) is 0 Å². The molecule has 0 atom stereocenters. The highest BCUT2D eigenvalue weighted by molar-refractivity contribution is 6.35. The number of ether oxygens (including phenoxy) is 2. The van der Waals surface area contributed by atoms with Crippen molar-refractivity contribution in [2.45, 2.75) is 25.8 Å². The number of nitrogens with zero attached hydrogens (tertiary/aromatic N) is 4. The highest BCUT2D eigenvalue weighted by Crippen LogP contribution is 2.37. The molecule has 2 aromatic heterocycles. The summed E-state index contributed by atoms with van der Waals surface area (Å²) >= 11 is 12.7. The van der Waals surface area contributed by atoms with Crippen LogP contribution in [0.25, 0.3) is 44.1 Å². The monoisotopic (exact) mass is 866 g/mol.